The Morgan fingerprint density at radius 1 is 1.15 bits per heavy atom. The molecule has 2 fully saturated rings. The maximum absolute atomic E-state index is 12.6. The zero-order valence-electron chi connectivity index (χ0n) is 16.0. The SMILES string of the molecule is Cc1nc(-c2ccccc2)sc1CNC(=O)N1CCN(C2CCCC2)CC1. The number of benzene rings is 1. The zero-order valence-corrected chi connectivity index (χ0v) is 16.8. The molecule has 2 heterocycles. The first-order valence-corrected chi connectivity index (χ1v) is 10.8. The van der Waals surface area contributed by atoms with Gasteiger partial charge in [0.1, 0.15) is 5.01 Å². The number of nitrogens with one attached hydrogen (secondary N) is 1. The lowest BCUT2D eigenvalue weighted by Crippen LogP contribution is -2.53. The Hall–Kier alpha value is -1.92. The molecule has 6 heteroatoms. The van der Waals surface area contributed by atoms with Crippen molar-refractivity contribution in [3.05, 3.63) is 40.9 Å². The number of hydrogen-bond acceptors (Lipinski definition) is 4. The normalized spacial score (nSPS) is 18.8. The number of carbonyl (C=O) groups is 1. The molecule has 1 aromatic carbocycles. The standard InChI is InChI=1S/C21H28N4OS/c1-16-19(27-20(23-16)17-7-3-2-4-8-17)15-22-21(26)25-13-11-24(12-14-25)18-9-5-6-10-18/h2-4,7-8,18H,5-6,9-15H2,1H3,(H,22,26). The van der Waals surface area contributed by atoms with Crippen LogP contribution < -0.4 is 5.32 Å². The van der Waals surface area contributed by atoms with Crippen molar-refractivity contribution in [1.82, 2.24) is 20.1 Å². The summed E-state index contributed by atoms with van der Waals surface area (Å²) >= 11 is 1.67. The molecule has 0 atom stereocenters. The third kappa shape index (κ3) is 4.33. The Bertz CT molecular complexity index is 762. The molecule has 4 rings (SSSR count). The first kappa shape index (κ1) is 18.4. The summed E-state index contributed by atoms with van der Waals surface area (Å²) in [5, 5.41) is 4.11. The van der Waals surface area contributed by atoms with E-state index >= 15 is 0 Å². The van der Waals surface area contributed by atoms with E-state index in [2.05, 4.69) is 27.3 Å². The molecule has 0 spiro atoms. The molecule has 5 nitrogen and oxygen atoms in total. The third-order valence-corrected chi connectivity index (χ3v) is 6.96. The van der Waals surface area contributed by atoms with Gasteiger partial charge < -0.3 is 10.2 Å². The molecule has 1 saturated heterocycles. The summed E-state index contributed by atoms with van der Waals surface area (Å²) in [4.78, 5) is 22.9. The van der Waals surface area contributed by atoms with Gasteiger partial charge >= 0.3 is 6.03 Å². The van der Waals surface area contributed by atoms with Crippen LogP contribution in [0.3, 0.4) is 0 Å². The Morgan fingerprint density at radius 3 is 2.56 bits per heavy atom. The predicted octanol–water partition coefficient (Wildman–Crippen LogP) is 3.89. The first-order valence-electron chi connectivity index (χ1n) is 9.99. The summed E-state index contributed by atoms with van der Waals surface area (Å²) in [5.41, 5.74) is 2.14. The van der Waals surface area contributed by atoms with Gasteiger partial charge in [0.05, 0.1) is 12.2 Å². The molecular weight excluding hydrogens is 356 g/mol. The van der Waals surface area contributed by atoms with Gasteiger partial charge in [0.15, 0.2) is 0 Å². The van der Waals surface area contributed by atoms with Crippen molar-refractivity contribution in [2.24, 2.45) is 0 Å². The number of amides is 2. The summed E-state index contributed by atoms with van der Waals surface area (Å²) in [6.07, 6.45) is 5.40. The van der Waals surface area contributed by atoms with Crippen LogP contribution in [0.5, 0.6) is 0 Å². The van der Waals surface area contributed by atoms with Gasteiger partial charge in [-0.05, 0) is 19.8 Å². The first-order chi connectivity index (χ1) is 13.2. The molecule has 1 aliphatic carbocycles. The zero-order chi connectivity index (χ0) is 18.6. The summed E-state index contributed by atoms with van der Waals surface area (Å²) in [7, 11) is 0. The number of aryl methyl sites for hydroxylation is 1. The van der Waals surface area contributed by atoms with E-state index in [0.717, 1.165) is 53.4 Å². The molecule has 0 unspecified atom stereocenters. The van der Waals surface area contributed by atoms with E-state index < -0.39 is 0 Å². The summed E-state index contributed by atoms with van der Waals surface area (Å²) in [5.74, 6) is 0. The maximum Gasteiger partial charge on any atom is 0.317 e. The largest absolute Gasteiger partial charge is 0.333 e. The molecule has 0 bridgehead atoms. The van der Waals surface area contributed by atoms with Gasteiger partial charge in [-0.3, -0.25) is 4.90 Å². The molecule has 1 saturated carbocycles. The van der Waals surface area contributed by atoms with Gasteiger partial charge in [0.2, 0.25) is 0 Å². The number of carbonyl (C=O) groups excluding carboxylic acids is 1. The van der Waals surface area contributed by atoms with Crippen molar-refractivity contribution in [3.63, 3.8) is 0 Å². The number of hydrogen-bond donors (Lipinski definition) is 1. The van der Waals surface area contributed by atoms with Crippen molar-refractivity contribution in [3.8, 4) is 10.6 Å². The van der Waals surface area contributed by atoms with E-state index in [1.54, 1.807) is 11.3 Å². The summed E-state index contributed by atoms with van der Waals surface area (Å²) < 4.78 is 0. The maximum atomic E-state index is 12.6. The highest BCUT2D eigenvalue weighted by atomic mass is 32.1. The van der Waals surface area contributed by atoms with Crippen LogP contribution in [0.1, 0.15) is 36.3 Å². The molecule has 1 N–H and O–H groups in total. The van der Waals surface area contributed by atoms with Gasteiger partial charge in [-0.1, -0.05) is 43.2 Å². The molecule has 144 valence electrons. The van der Waals surface area contributed by atoms with Crippen LogP contribution in [0.4, 0.5) is 4.79 Å². The van der Waals surface area contributed by atoms with Crippen LogP contribution in [0, 0.1) is 6.92 Å². The van der Waals surface area contributed by atoms with Crippen molar-refractivity contribution >= 4 is 17.4 Å². The van der Waals surface area contributed by atoms with E-state index in [0.29, 0.717) is 6.54 Å². The molecular formula is C21H28N4OS. The lowest BCUT2D eigenvalue weighted by molar-refractivity contribution is 0.109. The van der Waals surface area contributed by atoms with Gasteiger partial charge in [0.25, 0.3) is 0 Å². The van der Waals surface area contributed by atoms with Crippen molar-refractivity contribution in [2.45, 2.75) is 45.2 Å². The predicted molar refractivity (Wildman–Crippen MR) is 110 cm³/mol. The number of piperazine rings is 1. The molecule has 1 aliphatic heterocycles. The van der Waals surface area contributed by atoms with Gasteiger partial charge in [-0.25, -0.2) is 9.78 Å². The minimum atomic E-state index is 0.0510. The minimum absolute atomic E-state index is 0.0510. The molecule has 1 aromatic heterocycles. The number of urea groups is 1. The lowest BCUT2D eigenvalue weighted by Gasteiger charge is -2.38. The third-order valence-electron chi connectivity index (χ3n) is 5.76. The topological polar surface area (TPSA) is 48.5 Å². The van der Waals surface area contributed by atoms with Crippen LogP contribution in [-0.4, -0.2) is 53.0 Å². The van der Waals surface area contributed by atoms with E-state index in [-0.39, 0.29) is 6.03 Å². The Balaban J connectivity index is 1.29. The smallest absolute Gasteiger partial charge is 0.317 e. The van der Waals surface area contributed by atoms with Crippen LogP contribution in [0.25, 0.3) is 10.6 Å². The second kappa shape index (κ2) is 8.40. The van der Waals surface area contributed by atoms with E-state index in [9.17, 15) is 4.79 Å². The number of rotatable bonds is 4. The van der Waals surface area contributed by atoms with Gasteiger partial charge in [-0.15, -0.1) is 11.3 Å². The van der Waals surface area contributed by atoms with E-state index in [4.69, 9.17) is 0 Å². The van der Waals surface area contributed by atoms with Crippen LogP contribution in [0.15, 0.2) is 30.3 Å². The molecule has 2 aromatic rings. The average Bonchev–Trinajstić information content (AvgIpc) is 3.37. The summed E-state index contributed by atoms with van der Waals surface area (Å²) in [6, 6.07) is 11.0. The second-order valence-corrected chi connectivity index (χ2v) is 8.60. The highest BCUT2D eigenvalue weighted by Gasteiger charge is 2.27. The highest BCUT2D eigenvalue weighted by Crippen LogP contribution is 2.28. The average molecular weight is 385 g/mol. The van der Waals surface area contributed by atoms with E-state index in [1.165, 1.54) is 25.7 Å². The Kier molecular flexibility index (Phi) is 5.74. The fraction of sp³-hybridized carbons (Fsp3) is 0.524. The van der Waals surface area contributed by atoms with Crippen molar-refractivity contribution in [1.29, 1.82) is 0 Å². The quantitative estimate of drug-likeness (QED) is 0.870. The highest BCUT2D eigenvalue weighted by molar-refractivity contribution is 7.15. The fourth-order valence-corrected chi connectivity index (χ4v) is 5.13. The van der Waals surface area contributed by atoms with E-state index in [1.807, 2.05) is 30.0 Å². The van der Waals surface area contributed by atoms with Gasteiger partial charge in [-0.2, -0.15) is 0 Å². The Morgan fingerprint density at radius 2 is 1.85 bits per heavy atom. The van der Waals surface area contributed by atoms with Crippen LogP contribution in [0.2, 0.25) is 0 Å². The summed E-state index contributed by atoms with van der Waals surface area (Å²) in [6.45, 7) is 6.26. The lowest BCUT2D eigenvalue weighted by atomic mass is 10.2. The van der Waals surface area contributed by atoms with Crippen molar-refractivity contribution < 1.29 is 4.79 Å². The molecule has 0 radical (unpaired) electrons. The number of thiazole rings is 1. The second-order valence-electron chi connectivity index (χ2n) is 7.51. The minimum Gasteiger partial charge on any atom is -0.333 e. The molecule has 2 aliphatic rings. The van der Waals surface area contributed by atoms with Crippen LogP contribution >= 0.6 is 11.3 Å². The number of nitrogens with zero attached hydrogens (tertiary/aromatic N) is 3. The Labute approximate surface area is 165 Å². The fourth-order valence-electron chi connectivity index (χ4n) is 4.12. The van der Waals surface area contributed by atoms with Crippen LogP contribution in [-0.2, 0) is 6.54 Å². The molecule has 2 amide bonds. The van der Waals surface area contributed by atoms with Crippen molar-refractivity contribution in [2.75, 3.05) is 26.2 Å². The van der Waals surface area contributed by atoms with Gasteiger partial charge in [0, 0.05) is 42.7 Å². The number of aromatic nitrogens is 1. The molecule has 27 heavy (non-hydrogen) atoms. The monoisotopic (exact) mass is 384 g/mol.